The zero-order chi connectivity index (χ0) is 24.9. The molecule has 2 aliphatic carbocycles. The van der Waals surface area contributed by atoms with Crippen LogP contribution in [0.4, 0.5) is 0 Å². The summed E-state index contributed by atoms with van der Waals surface area (Å²) in [6.45, 7) is 2.87. The van der Waals surface area contributed by atoms with E-state index in [2.05, 4.69) is 31.2 Å². The number of Topliss-reactive ketones (excluding diaryl/α,β-unsaturated/α-hetero) is 1. The molecule has 0 N–H and O–H groups in total. The second kappa shape index (κ2) is 15.7. The van der Waals surface area contributed by atoms with E-state index in [1.54, 1.807) is 11.8 Å². The average molecular weight is 505 g/mol. The third-order valence-electron chi connectivity index (χ3n) is 7.22. The van der Waals surface area contributed by atoms with E-state index in [0.717, 1.165) is 67.8 Å². The molecule has 196 valence electrons. The van der Waals surface area contributed by atoms with Gasteiger partial charge in [-0.25, -0.2) is 0 Å². The normalized spacial score (nSPS) is 25.8. The Labute approximate surface area is 216 Å². The molecule has 0 aromatic heterocycles. The van der Waals surface area contributed by atoms with Gasteiger partial charge < -0.3 is 14.2 Å². The number of unbranched alkanes of at least 4 members (excludes halogenated alkanes) is 3. The number of thioether (sulfide) groups is 1. The minimum Gasteiger partial charge on any atom is -0.469 e. The summed E-state index contributed by atoms with van der Waals surface area (Å²) >= 11 is 1.63. The molecule has 1 aliphatic heterocycles. The van der Waals surface area contributed by atoms with Crippen LogP contribution in [0.15, 0.2) is 34.8 Å². The molecule has 6 heteroatoms. The number of rotatable bonds is 13. The van der Waals surface area contributed by atoms with Gasteiger partial charge in [0.05, 0.1) is 18.1 Å². The number of ketones is 1. The van der Waals surface area contributed by atoms with Gasteiger partial charge in [-0.05, 0) is 63.0 Å². The minimum absolute atomic E-state index is 0.00795. The number of allylic oxidation sites excluding steroid dienone is 5. The summed E-state index contributed by atoms with van der Waals surface area (Å²) in [6.07, 6.45) is 22.2. The lowest BCUT2D eigenvalue weighted by Crippen LogP contribution is -2.32. The molecule has 1 saturated heterocycles. The summed E-state index contributed by atoms with van der Waals surface area (Å²) in [5.41, 5.74) is 0.890. The van der Waals surface area contributed by atoms with Crippen molar-refractivity contribution in [2.75, 3.05) is 19.5 Å². The average Bonchev–Trinajstić information content (AvgIpc) is 3.19. The van der Waals surface area contributed by atoms with Gasteiger partial charge in [-0.1, -0.05) is 56.9 Å². The lowest BCUT2D eigenvalue weighted by molar-refractivity contribution is -0.189. The summed E-state index contributed by atoms with van der Waals surface area (Å²) in [4.78, 5) is 25.3. The Balaban J connectivity index is 1.65. The van der Waals surface area contributed by atoms with Crippen molar-refractivity contribution in [1.82, 2.24) is 0 Å². The molecule has 3 unspecified atom stereocenters. The number of hydrogen-bond acceptors (Lipinski definition) is 6. The third-order valence-corrected chi connectivity index (χ3v) is 8.14. The van der Waals surface area contributed by atoms with Crippen molar-refractivity contribution in [3.05, 3.63) is 34.8 Å². The van der Waals surface area contributed by atoms with E-state index >= 15 is 0 Å². The molecule has 3 atom stereocenters. The Morgan fingerprint density at radius 1 is 1.14 bits per heavy atom. The van der Waals surface area contributed by atoms with Crippen LogP contribution in [0.25, 0.3) is 0 Å². The summed E-state index contributed by atoms with van der Waals surface area (Å²) in [5.74, 6) is 1.44. The molecule has 3 rings (SSSR count). The Hall–Kier alpha value is -1.37. The molecule has 35 heavy (non-hydrogen) atoms. The summed E-state index contributed by atoms with van der Waals surface area (Å²) < 4.78 is 17.1. The molecule has 0 spiro atoms. The minimum atomic E-state index is -0.154. The first-order valence-corrected chi connectivity index (χ1v) is 14.7. The number of carbonyl (C=O) groups excluding carboxylic acids is 2. The zero-order valence-corrected chi connectivity index (χ0v) is 22.5. The number of carbonyl (C=O) groups is 2. The van der Waals surface area contributed by atoms with Gasteiger partial charge in [-0.2, -0.15) is 0 Å². The number of ether oxygens (including phenoxy) is 3. The van der Waals surface area contributed by atoms with Crippen molar-refractivity contribution in [1.29, 1.82) is 0 Å². The summed E-state index contributed by atoms with van der Waals surface area (Å²) in [6, 6.07) is 0. The Bertz CT molecular complexity index is 759. The van der Waals surface area contributed by atoms with Crippen molar-refractivity contribution in [2.24, 2.45) is 11.8 Å². The highest BCUT2D eigenvalue weighted by molar-refractivity contribution is 8.04. The van der Waals surface area contributed by atoms with Gasteiger partial charge >= 0.3 is 5.97 Å². The molecular formula is C29H44O5S. The van der Waals surface area contributed by atoms with Gasteiger partial charge in [0.1, 0.15) is 0 Å². The second-order valence-electron chi connectivity index (χ2n) is 9.83. The monoisotopic (exact) mass is 504 g/mol. The fourth-order valence-corrected chi connectivity index (χ4v) is 6.03. The van der Waals surface area contributed by atoms with Crippen LogP contribution in [0.1, 0.15) is 90.4 Å². The summed E-state index contributed by atoms with van der Waals surface area (Å²) in [7, 11) is 1.43. The lowest BCUT2D eigenvalue weighted by atomic mass is 9.84. The van der Waals surface area contributed by atoms with Crippen LogP contribution in [0, 0.1) is 11.8 Å². The number of methoxy groups -OCH3 is 1. The van der Waals surface area contributed by atoms with Crippen LogP contribution in [0.3, 0.4) is 0 Å². The quantitative estimate of drug-likeness (QED) is 0.117. The van der Waals surface area contributed by atoms with E-state index in [1.165, 1.54) is 39.2 Å². The topological polar surface area (TPSA) is 61.8 Å². The van der Waals surface area contributed by atoms with Gasteiger partial charge in [-0.3, -0.25) is 9.59 Å². The van der Waals surface area contributed by atoms with E-state index in [4.69, 9.17) is 14.2 Å². The fraction of sp³-hybridized carbons (Fsp3) is 0.724. The molecule has 2 fully saturated rings. The first-order valence-electron chi connectivity index (χ1n) is 13.7. The van der Waals surface area contributed by atoms with Crippen LogP contribution in [-0.2, 0) is 23.8 Å². The maximum atomic E-state index is 13.1. The maximum absolute atomic E-state index is 13.1. The molecule has 0 aromatic carbocycles. The molecule has 0 radical (unpaired) electrons. The fourth-order valence-electron chi connectivity index (χ4n) is 5.23. The highest BCUT2D eigenvalue weighted by Gasteiger charge is 2.30. The highest BCUT2D eigenvalue weighted by atomic mass is 32.2. The maximum Gasteiger partial charge on any atom is 0.305 e. The van der Waals surface area contributed by atoms with E-state index in [1.807, 2.05) is 0 Å². The van der Waals surface area contributed by atoms with Crippen molar-refractivity contribution in [3.8, 4) is 0 Å². The first-order chi connectivity index (χ1) is 17.1. The van der Waals surface area contributed by atoms with Gasteiger partial charge in [0.15, 0.2) is 12.1 Å². The SMILES string of the molecule is CCSC1=CC(C=CC(OC2CCCCO2)C2CCCCC2)C(=CCCCCCC(=O)OC)C1=O. The molecule has 0 aromatic rings. The molecule has 3 aliphatic rings. The lowest BCUT2D eigenvalue weighted by Gasteiger charge is -2.33. The molecule has 5 nitrogen and oxygen atoms in total. The summed E-state index contributed by atoms with van der Waals surface area (Å²) in [5, 5.41) is 0. The van der Waals surface area contributed by atoms with Crippen LogP contribution in [-0.4, -0.2) is 43.6 Å². The molecule has 0 amide bonds. The third kappa shape index (κ3) is 9.22. The van der Waals surface area contributed by atoms with Gasteiger partial charge in [-0.15, -0.1) is 11.8 Å². The van der Waals surface area contributed by atoms with Gasteiger partial charge in [0, 0.05) is 24.5 Å². The first kappa shape index (κ1) is 28.2. The number of hydrogen-bond donors (Lipinski definition) is 0. The Kier molecular flexibility index (Phi) is 12.6. The predicted molar refractivity (Wildman–Crippen MR) is 142 cm³/mol. The predicted octanol–water partition coefficient (Wildman–Crippen LogP) is 6.92. The van der Waals surface area contributed by atoms with E-state index in [-0.39, 0.29) is 30.1 Å². The van der Waals surface area contributed by atoms with Gasteiger partial charge in [0.25, 0.3) is 0 Å². The van der Waals surface area contributed by atoms with Crippen molar-refractivity contribution in [2.45, 2.75) is 103 Å². The van der Waals surface area contributed by atoms with Crippen LogP contribution in [0.5, 0.6) is 0 Å². The Morgan fingerprint density at radius 3 is 2.66 bits per heavy atom. The van der Waals surface area contributed by atoms with Crippen LogP contribution in [0.2, 0.25) is 0 Å². The van der Waals surface area contributed by atoms with Crippen molar-refractivity contribution in [3.63, 3.8) is 0 Å². The number of esters is 1. The Morgan fingerprint density at radius 2 is 1.94 bits per heavy atom. The van der Waals surface area contributed by atoms with E-state index in [0.29, 0.717) is 12.3 Å². The smallest absolute Gasteiger partial charge is 0.305 e. The molecule has 1 saturated carbocycles. The van der Waals surface area contributed by atoms with Crippen LogP contribution >= 0.6 is 11.8 Å². The second-order valence-corrected chi connectivity index (χ2v) is 11.1. The zero-order valence-electron chi connectivity index (χ0n) is 21.7. The molecule has 1 heterocycles. The van der Waals surface area contributed by atoms with Gasteiger partial charge in [0.2, 0.25) is 0 Å². The standard InChI is InChI=1S/C29H44O5S/c1-3-35-26-21-23(24(29(26)31)15-9-4-5-10-16-27(30)32-2)18-19-25(22-13-7-6-8-14-22)34-28-17-11-12-20-33-28/h15,18-19,21-23,25,28H,3-14,16-17,20H2,1-2H3. The van der Waals surface area contributed by atoms with Crippen LogP contribution < -0.4 is 0 Å². The van der Waals surface area contributed by atoms with E-state index < -0.39 is 0 Å². The molecule has 0 bridgehead atoms. The van der Waals surface area contributed by atoms with E-state index in [9.17, 15) is 9.59 Å². The van der Waals surface area contributed by atoms with Crippen molar-refractivity contribution < 1.29 is 23.8 Å². The van der Waals surface area contributed by atoms with Crippen molar-refractivity contribution >= 4 is 23.5 Å². The highest BCUT2D eigenvalue weighted by Crippen LogP contribution is 2.36. The largest absolute Gasteiger partial charge is 0.469 e. The molecular weight excluding hydrogens is 460 g/mol.